The van der Waals surface area contributed by atoms with Crippen molar-refractivity contribution in [3.63, 3.8) is 0 Å². The number of rotatable bonds is 5. The zero-order valence-corrected chi connectivity index (χ0v) is 11.1. The van der Waals surface area contributed by atoms with E-state index in [-0.39, 0.29) is 0 Å². The molecule has 100 valence electrons. The van der Waals surface area contributed by atoms with Crippen LogP contribution in [-0.2, 0) is 4.74 Å². The fraction of sp³-hybridized carbons (Fsp3) is 0.571. The molecule has 0 N–H and O–H groups in total. The lowest BCUT2D eigenvalue weighted by Crippen LogP contribution is -2.36. The first kappa shape index (κ1) is 13.0. The van der Waals surface area contributed by atoms with Gasteiger partial charge >= 0.3 is 0 Å². The van der Waals surface area contributed by atoms with Crippen LogP contribution in [-0.4, -0.2) is 39.5 Å². The molecule has 0 spiro atoms. The highest BCUT2D eigenvalue weighted by atomic mass is 16.5. The monoisotopic (exact) mass is 251 g/mol. The predicted octanol–water partition coefficient (Wildman–Crippen LogP) is 2.32. The summed E-state index contributed by atoms with van der Waals surface area (Å²) in [6, 6.07) is 6.12. The van der Waals surface area contributed by atoms with Gasteiger partial charge in [-0.25, -0.2) is 0 Å². The van der Waals surface area contributed by atoms with Crippen molar-refractivity contribution in [2.75, 3.05) is 44.4 Å². The topological polar surface area (TPSA) is 30.9 Å². The molecule has 18 heavy (non-hydrogen) atoms. The molecule has 1 heterocycles. The first-order chi connectivity index (χ1) is 8.85. The zero-order chi connectivity index (χ0) is 12.8. The van der Waals surface area contributed by atoms with Crippen LogP contribution in [0.5, 0.6) is 11.5 Å². The number of nitrogens with zero attached hydrogens (tertiary/aromatic N) is 1. The second-order valence-corrected chi connectivity index (χ2v) is 4.10. The molecule has 1 aromatic carbocycles. The summed E-state index contributed by atoms with van der Waals surface area (Å²) in [5, 5.41) is 0. The molecule has 4 heteroatoms. The molecule has 1 aromatic rings. The highest BCUT2D eigenvalue weighted by Crippen LogP contribution is 2.32. The van der Waals surface area contributed by atoms with Gasteiger partial charge in [-0.3, -0.25) is 0 Å². The number of hydrogen-bond donors (Lipinski definition) is 0. The molecule has 0 bridgehead atoms. The summed E-state index contributed by atoms with van der Waals surface area (Å²) >= 11 is 0. The van der Waals surface area contributed by atoms with Crippen LogP contribution in [0.1, 0.15) is 13.8 Å². The van der Waals surface area contributed by atoms with E-state index in [2.05, 4.69) is 17.0 Å². The summed E-state index contributed by atoms with van der Waals surface area (Å²) in [5.74, 6) is 1.64. The van der Waals surface area contributed by atoms with E-state index >= 15 is 0 Å². The Labute approximate surface area is 108 Å². The molecule has 0 amide bonds. The molecule has 1 saturated heterocycles. The average molecular weight is 251 g/mol. The predicted molar refractivity (Wildman–Crippen MR) is 71.8 cm³/mol. The SMILES string of the molecule is CCOc1ccc(N2CCOCC2)cc1OCC. The molecule has 0 atom stereocenters. The Bertz CT molecular complexity index is 375. The van der Waals surface area contributed by atoms with Crippen LogP contribution in [0.15, 0.2) is 18.2 Å². The Morgan fingerprint density at radius 1 is 1.06 bits per heavy atom. The number of hydrogen-bond acceptors (Lipinski definition) is 4. The maximum atomic E-state index is 5.64. The third-order valence-corrected chi connectivity index (χ3v) is 2.90. The maximum Gasteiger partial charge on any atom is 0.163 e. The van der Waals surface area contributed by atoms with Gasteiger partial charge < -0.3 is 19.1 Å². The Morgan fingerprint density at radius 2 is 1.72 bits per heavy atom. The third kappa shape index (κ3) is 3.07. The van der Waals surface area contributed by atoms with Crippen LogP contribution in [0.25, 0.3) is 0 Å². The molecule has 0 aliphatic carbocycles. The molecular weight excluding hydrogens is 230 g/mol. The summed E-state index contributed by atoms with van der Waals surface area (Å²) < 4.78 is 16.6. The van der Waals surface area contributed by atoms with Crippen molar-refractivity contribution in [1.29, 1.82) is 0 Å². The van der Waals surface area contributed by atoms with Crippen LogP contribution < -0.4 is 14.4 Å². The van der Waals surface area contributed by atoms with Crippen molar-refractivity contribution in [1.82, 2.24) is 0 Å². The Hall–Kier alpha value is -1.42. The summed E-state index contributed by atoms with van der Waals surface area (Å²) in [4.78, 5) is 2.31. The van der Waals surface area contributed by atoms with Crippen molar-refractivity contribution in [2.24, 2.45) is 0 Å². The van der Waals surface area contributed by atoms with E-state index < -0.39 is 0 Å². The lowest BCUT2D eigenvalue weighted by molar-refractivity contribution is 0.122. The number of ether oxygens (including phenoxy) is 3. The van der Waals surface area contributed by atoms with Crippen molar-refractivity contribution in [3.8, 4) is 11.5 Å². The lowest BCUT2D eigenvalue weighted by Gasteiger charge is -2.29. The average Bonchev–Trinajstić information content (AvgIpc) is 2.42. The van der Waals surface area contributed by atoms with E-state index in [1.54, 1.807) is 0 Å². The molecule has 0 radical (unpaired) electrons. The molecule has 1 aliphatic rings. The minimum atomic E-state index is 0.645. The number of anilines is 1. The van der Waals surface area contributed by atoms with Crippen LogP contribution in [0.3, 0.4) is 0 Å². The first-order valence-corrected chi connectivity index (χ1v) is 6.57. The van der Waals surface area contributed by atoms with E-state index in [1.165, 1.54) is 5.69 Å². The van der Waals surface area contributed by atoms with Gasteiger partial charge in [0.15, 0.2) is 11.5 Å². The van der Waals surface area contributed by atoms with Crippen molar-refractivity contribution < 1.29 is 14.2 Å². The van der Waals surface area contributed by atoms with E-state index in [0.717, 1.165) is 37.8 Å². The molecule has 0 unspecified atom stereocenters. The van der Waals surface area contributed by atoms with Gasteiger partial charge in [-0.05, 0) is 26.0 Å². The second-order valence-electron chi connectivity index (χ2n) is 4.10. The van der Waals surface area contributed by atoms with E-state index in [1.807, 2.05) is 19.9 Å². The first-order valence-electron chi connectivity index (χ1n) is 6.57. The summed E-state index contributed by atoms with van der Waals surface area (Å²) in [6.07, 6.45) is 0. The minimum absolute atomic E-state index is 0.645. The molecule has 4 nitrogen and oxygen atoms in total. The maximum absolute atomic E-state index is 5.64. The van der Waals surface area contributed by atoms with Crippen LogP contribution in [0.2, 0.25) is 0 Å². The largest absolute Gasteiger partial charge is 0.490 e. The summed E-state index contributed by atoms with van der Waals surface area (Å²) in [5.41, 5.74) is 1.17. The van der Waals surface area contributed by atoms with Crippen molar-refractivity contribution in [2.45, 2.75) is 13.8 Å². The van der Waals surface area contributed by atoms with Gasteiger partial charge in [0.1, 0.15) is 0 Å². The summed E-state index contributed by atoms with van der Waals surface area (Å²) in [6.45, 7) is 8.69. The number of morpholine rings is 1. The minimum Gasteiger partial charge on any atom is -0.490 e. The van der Waals surface area contributed by atoms with Gasteiger partial charge in [0.05, 0.1) is 26.4 Å². The smallest absolute Gasteiger partial charge is 0.163 e. The molecule has 1 fully saturated rings. The lowest BCUT2D eigenvalue weighted by atomic mass is 10.2. The molecule has 1 aliphatic heterocycles. The van der Waals surface area contributed by atoms with Gasteiger partial charge in [-0.15, -0.1) is 0 Å². The van der Waals surface area contributed by atoms with Crippen LogP contribution in [0, 0.1) is 0 Å². The standard InChI is InChI=1S/C14H21NO3/c1-3-17-13-6-5-12(11-14(13)18-4-2)15-7-9-16-10-8-15/h5-6,11H,3-4,7-10H2,1-2H3. The quantitative estimate of drug-likeness (QED) is 0.803. The van der Waals surface area contributed by atoms with Crippen molar-refractivity contribution >= 4 is 5.69 Å². The van der Waals surface area contributed by atoms with Gasteiger partial charge in [-0.1, -0.05) is 0 Å². The Kier molecular flexibility index (Phi) is 4.70. The van der Waals surface area contributed by atoms with Gasteiger partial charge in [-0.2, -0.15) is 0 Å². The summed E-state index contributed by atoms with van der Waals surface area (Å²) in [7, 11) is 0. The second kappa shape index (κ2) is 6.50. The Morgan fingerprint density at radius 3 is 2.39 bits per heavy atom. The van der Waals surface area contributed by atoms with Gasteiger partial charge in [0.2, 0.25) is 0 Å². The van der Waals surface area contributed by atoms with E-state index in [0.29, 0.717) is 13.2 Å². The van der Waals surface area contributed by atoms with Gasteiger partial charge in [0, 0.05) is 24.8 Å². The van der Waals surface area contributed by atoms with Crippen LogP contribution >= 0.6 is 0 Å². The van der Waals surface area contributed by atoms with Gasteiger partial charge in [0.25, 0.3) is 0 Å². The van der Waals surface area contributed by atoms with Crippen LogP contribution in [0.4, 0.5) is 5.69 Å². The van der Waals surface area contributed by atoms with E-state index in [9.17, 15) is 0 Å². The fourth-order valence-corrected chi connectivity index (χ4v) is 2.06. The highest BCUT2D eigenvalue weighted by Gasteiger charge is 2.14. The van der Waals surface area contributed by atoms with Crippen molar-refractivity contribution in [3.05, 3.63) is 18.2 Å². The molecule has 0 saturated carbocycles. The Balaban J connectivity index is 2.18. The normalized spacial score (nSPS) is 15.6. The highest BCUT2D eigenvalue weighted by molar-refractivity contribution is 5.56. The fourth-order valence-electron chi connectivity index (χ4n) is 2.06. The third-order valence-electron chi connectivity index (χ3n) is 2.90. The molecule has 2 rings (SSSR count). The molecular formula is C14H21NO3. The molecule has 0 aromatic heterocycles. The number of benzene rings is 1. The van der Waals surface area contributed by atoms with E-state index in [4.69, 9.17) is 14.2 Å². The zero-order valence-electron chi connectivity index (χ0n) is 11.1.